The zero-order valence-electron chi connectivity index (χ0n) is 6.43. The first-order chi connectivity index (χ1) is 5.25. The molecule has 1 radical (unpaired) electrons. The van der Waals surface area contributed by atoms with E-state index in [2.05, 4.69) is 4.98 Å². The Labute approximate surface area is 122 Å². The Morgan fingerprint density at radius 1 is 1.42 bits per heavy atom. The summed E-state index contributed by atoms with van der Waals surface area (Å²) in [6, 6.07) is 5.34. The van der Waals surface area contributed by atoms with Gasteiger partial charge in [-0.25, -0.2) is 0 Å². The van der Waals surface area contributed by atoms with Crippen molar-refractivity contribution in [3.05, 3.63) is 28.1 Å². The SMILES string of the molecule is S=c1[nH]c2ccc(Cl)cc2o1.[K]. The quantitative estimate of drug-likeness (QED) is 0.551. The van der Waals surface area contributed by atoms with E-state index in [1.807, 2.05) is 6.07 Å². The van der Waals surface area contributed by atoms with Crippen molar-refractivity contribution in [3.63, 3.8) is 0 Å². The second kappa shape index (κ2) is 4.37. The Morgan fingerprint density at radius 3 is 2.92 bits per heavy atom. The topological polar surface area (TPSA) is 28.9 Å². The maximum absolute atomic E-state index is 5.72. The normalized spacial score (nSPS) is 9.75. The van der Waals surface area contributed by atoms with Crippen LogP contribution >= 0.6 is 23.8 Å². The summed E-state index contributed by atoms with van der Waals surface area (Å²) in [6.45, 7) is 0. The van der Waals surface area contributed by atoms with Gasteiger partial charge in [-0.2, -0.15) is 0 Å². The average Bonchev–Trinajstić information content (AvgIpc) is 2.27. The van der Waals surface area contributed by atoms with Crippen molar-refractivity contribution in [1.29, 1.82) is 0 Å². The molecule has 0 fully saturated rings. The van der Waals surface area contributed by atoms with Crippen molar-refractivity contribution in [2.45, 2.75) is 0 Å². The number of hydrogen-bond donors (Lipinski definition) is 1. The summed E-state index contributed by atoms with van der Waals surface area (Å²) in [5.41, 5.74) is 1.57. The standard InChI is InChI=1S/C7H4ClNOS.K/c8-4-1-2-5-6(3-4)10-7(11)9-5;/h1-3H,(H,9,11);. The van der Waals surface area contributed by atoms with Gasteiger partial charge in [0.05, 0.1) is 5.52 Å². The molecule has 1 aromatic heterocycles. The molecule has 0 aliphatic rings. The smallest absolute Gasteiger partial charge is 0.266 e. The van der Waals surface area contributed by atoms with Crippen LogP contribution in [0.25, 0.3) is 11.1 Å². The number of nitrogens with one attached hydrogen (secondary N) is 1. The number of aromatic nitrogens is 1. The van der Waals surface area contributed by atoms with Gasteiger partial charge in [-0.3, -0.25) is 0 Å². The molecule has 2 aromatic rings. The number of hydrogen-bond acceptors (Lipinski definition) is 2. The van der Waals surface area contributed by atoms with Crippen molar-refractivity contribution in [1.82, 2.24) is 4.98 Å². The summed E-state index contributed by atoms with van der Waals surface area (Å²) in [7, 11) is 0. The first-order valence-electron chi connectivity index (χ1n) is 3.04. The van der Waals surface area contributed by atoms with Crippen LogP contribution in [0.15, 0.2) is 22.6 Å². The predicted molar refractivity (Wildman–Crippen MR) is 52.2 cm³/mol. The Balaban J connectivity index is 0.000000720. The van der Waals surface area contributed by atoms with Crippen LogP contribution in [0.4, 0.5) is 0 Å². The van der Waals surface area contributed by atoms with Gasteiger partial charge in [0.1, 0.15) is 0 Å². The third-order valence-electron chi connectivity index (χ3n) is 1.38. The summed E-state index contributed by atoms with van der Waals surface area (Å²) in [6.07, 6.45) is 0. The third kappa shape index (κ3) is 2.20. The largest absolute Gasteiger partial charge is 0.429 e. The number of rotatable bonds is 0. The first-order valence-corrected chi connectivity index (χ1v) is 3.83. The van der Waals surface area contributed by atoms with E-state index in [1.54, 1.807) is 12.1 Å². The minimum atomic E-state index is 0. The van der Waals surface area contributed by atoms with Gasteiger partial charge in [0.25, 0.3) is 4.84 Å². The van der Waals surface area contributed by atoms with Crippen LogP contribution in [0.1, 0.15) is 0 Å². The van der Waals surface area contributed by atoms with Crippen LogP contribution in [0.5, 0.6) is 0 Å². The number of fused-ring (bicyclic) bond motifs is 1. The average molecular weight is 225 g/mol. The van der Waals surface area contributed by atoms with E-state index in [9.17, 15) is 0 Å². The van der Waals surface area contributed by atoms with Crippen LogP contribution in [0, 0.1) is 4.84 Å². The Hall–Kier alpha value is 0.836. The summed E-state index contributed by atoms with van der Waals surface area (Å²) in [5.74, 6) is 0. The molecule has 1 heterocycles. The molecule has 1 aromatic carbocycles. The van der Waals surface area contributed by atoms with Crippen LogP contribution in [0.2, 0.25) is 5.02 Å². The minimum Gasteiger partial charge on any atom is -0.429 e. The molecule has 0 amide bonds. The van der Waals surface area contributed by atoms with Crippen LogP contribution < -0.4 is 0 Å². The molecular formula is C7H4ClKNOS. The summed E-state index contributed by atoms with van der Waals surface area (Å²) in [4.78, 5) is 3.25. The monoisotopic (exact) mass is 224 g/mol. The molecule has 0 spiro atoms. The second-order valence-electron chi connectivity index (χ2n) is 2.16. The first kappa shape index (κ1) is 10.9. The van der Waals surface area contributed by atoms with E-state index in [-0.39, 0.29) is 51.4 Å². The maximum Gasteiger partial charge on any atom is 0.266 e. The van der Waals surface area contributed by atoms with Gasteiger partial charge in [0.15, 0.2) is 5.58 Å². The molecular weight excluding hydrogens is 221 g/mol. The van der Waals surface area contributed by atoms with E-state index < -0.39 is 0 Å². The van der Waals surface area contributed by atoms with Crippen molar-refractivity contribution in [2.24, 2.45) is 0 Å². The predicted octanol–water partition coefficient (Wildman–Crippen LogP) is 2.76. The van der Waals surface area contributed by atoms with Gasteiger partial charge >= 0.3 is 0 Å². The number of benzene rings is 1. The van der Waals surface area contributed by atoms with Gasteiger partial charge in [-0.05, 0) is 24.4 Å². The molecule has 2 nitrogen and oxygen atoms in total. The van der Waals surface area contributed by atoms with Crippen LogP contribution in [0.3, 0.4) is 0 Å². The molecule has 57 valence electrons. The van der Waals surface area contributed by atoms with Gasteiger partial charge in [0.2, 0.25) is 0 Å². The Morgan fingerprint density at radius 2 is 2.17 bits per heavy atom. The maximum atomic E-state index is 5.72. The number of aromatic amines is 1. The summed E-state index contributed by atoms with van der Waals surface area (Å²) >= 11 is 10.5. The van der Waals surface area contributed by atoms with E-state index >= 15 is 0 Å². The van der Waals surface area contributed by atoms with Crippen molar-refractivity contribution in [2.75, 3.05) is 0 Å². The minimum absolute atomic E-state index is 0. The van der Waals surface area contributed by atoms with E-state index in [0.717, 1.165) is 5.52 Å². The van der Waals surface area contributed by atoms with Gasteiger partial charge in [-0.15, -0.1) is 0 Å². The molecule has 1 N–H and O–H groups in total. The molecule has 0 saturated carbocycles. The summed E-state index contributed by atoms with van der Waals surface area (Å²) < 4.78 is 5.12. The third-order valence-corrected chi connectivity index (χ3v) is 1.80. The fourth-order valence-electron chi connectivity index (χ4n) is 0.919. The van der Waals surface area contributed by atoms with Crippen molar-refractivity contribution in [3.8, 4) is 0 Å². The van der Waals surface area contributed by atoms with E-state index in [0.29, 0.717) is 15.4 Å². The van der Waals surface area contributed by atoms with Crippen molar-refractivity contribution >= 4 is 86.3 Å². The number of oxazole rings is 1. The van der Waals surface area contributed by atoms with Gasteiger partial charge in [0, 0.05) is 62.5 Å². The second-order valence-corrected chi connectivity index (χ2v) is 2.96. The Bertz CT molecular complexity index is 450. The zero-order valence-corrected chi connectivity index (χ0v) is 11.1. The number of H-pyrrole nitrogens is 1. The molecule has 0 bridgehead atoms. The van der Waals surface area contributed by atoms with E-state index in [1.165, 1.54) is 0 Å². The van der Waals surface area contributed by atoms with Crippen LogP contribution in [-0.4, -0.2) is 56.4 Å². The molecule has 0 saturated heterocycles. The zero-order chi connectivity index (χ0) is 7.84. The molecule has 2 rings (SSSR count). The summed E-state index contributed by atoms with van der Waals surface area (Å²) in [5, 5.41) is 0.648. The fraction of sp³-hybridized carbons (Fsp3) is 0. The molecule has 0 unspecified atom stereocenters. The van der Waals surface area contributed by atoms with E-state index in [4.69, 9.17) is 28.2 Å². The molecule has 0 aliphatic carbocycles. The molecule has 0 atom stereocenters. The van der Waals surface area contributed by atoms with Crippen molar-refractivity contribution < 1.29 is 4.42 Å². The number of halogens is 1. The Kier molecular flexibility index (Phi) is 3.97. The molecule has 0 aliphatic heterocycles. The fourth-order valence-corrected chi connectivity index (χ4v) is 1.28. The van der Waals surface area contributed by atoms with Crippen LogP contribution in [-0.2, 0) is 0 Å². The molecule has 12 heavy (non-hydrogen) atoms. The molecule has 5 heteroatoms. The van der Waals surface area contributed by atoms with Gasteiger partial charge in [-0.1, -0.05) is 11.6 Å². The van der Waals surface area contributed by atoms with Gasteiger partial charge < -0.3 is 9.40 Å².